The lowest BCUT2D eigenvalue weighted by Crippen LogP contribution is -2.39. The molecule has 1 aromatic rings. The Morgan fingerprint density at radius 3 is 2.14 bits per heavy atom. The first-order valence-corrected chi connectivity index (χ1v) is 11.4. The van der Waals surface area contributed by atoms with Crippen LogP contribution in [0.15, 0.2) is 12.1 Å². The van der Waals surface area contributed by atoms with Crippen LogP contribution in [0.3, 0.4) is 0 Å². The van der Waals surface area contributed by atoms with Crippen molar-refractivity contribution in [2.24, 2.45) is 0 Å². The fraction of sp³-hybridized carbons (Fsp3) is 0.632. The average molecular weight is 416 g/mol. The molecule has 2 aliphatic heterocycles. The first-order chi connectivity index (χ1) is 13.3. The molecule has 0 aromatic heterocycles. The van der Waals surface area contributed by atoms with E-state index < -0.39 is 21.7 Å². The zero-order valence-electron chi connectivity index (χ0n) is 15.9. The number of likely N-dealkylation sites (tertiary alicyclic amines) is 1. The monoisotopic (exact) mass is 416 g/mol. The molecule has 2 heterocycles. The molecule has 0 amide bonds. The lowest BCUT2D eigenvalue weighted by molar-refractivity contribution is -0.109. The molecule has 6 nitrogen and oxygen atoms in total. The van der Waals surface area contributed by atoms with Gasteiger partial charge in [0.2, 0.25) is 10.0 Å². The van der Waals surface area contributed by atoms with Gasteiger partial charge in [0.15, 0.2) is 17.4 Å². The summed E-state index contributed by atoms with van der Waals surface area (Å²) in [4.78, 5) is 12.5. The van der Waals surface area contributed by atoms with Crippen LogP contribution in [0, 0.1) is 11.6 Å². The second-order valence-corrected chi connectivity index (χ2v) is 9.52. The molecule has 0 saturated carbocycles. The van der Waals surface area contributed by atoms with Crippen LogP contribution in [0.5, 0.6) is 5.75 Å². The van der Waals surface area contributed by atoms with E-state index in [1.165, 1.54) is 22.7 Å². The van der Waals surface area contributed by atoms with E-state index >= 15 is 0 Å². The molecule has 1 aromatic carbocycles. The minimum atomic E-state index is -3.24. The molecule has 0 N–H and O–H groups in total. The number of sulfonamides is 1. The van der Waals surface area contributed by atoms with Crippen molar-refractivity contribution in [3.63, 3.8) is 0 Å². The highest BCUT2D eigenvalue weighted by molar-refractivity contribution is 7.88. The van der Waals surface area contributed by atoms with Gasteiger partial charge in [-0.3, -0.25) is 4.90 Å². The largest absolute Gasteiger partial charge is 0.484 e. The van der Waals surface area contributed by atoms with Crippen molar-refractivity contribution in [2.75, 3.05) is 39.0 Å². The van der Waals surface area contributed by atoms with Crippen molar-refractivity contribution in [1.82, 2.24) is 9.21 Å². The summed E-state index contributed by atoms with van der Waals surface area (Å²) < 4.78 is 59.3. The smallest absolute Gasteiger partial charge is 0.211 e. The number of piperidine rings is 2. The molecule has 0 spiro atoms. The number of benzene rings is 1. The van der Waals surface area contributed by atoms with E-state index in [9.17, 15) is 22.0 Å². The van der Waals surface area contributed by atoms with Crippen LogP contribution < -0.4 is 4.74 Å². The molecular formula is C19H26F2N2O4S. The SMILES string of the molecule is CS(=O)(=O)N1CCC(c2cc(F)c(OC3CCN(CC=O)CC3)c(F)c2)CC1. The van der Waals surface area contributed by atoms with Gasteiger partial charge in [0.1, 0.15) is 12.4 Å². The molecule has 2 fully saturated rings. The first kappa shape index (κ1) is 21.1. The number of hydrogen-bond donors (Lipinski definition) is 0. The third kappa shape index (κ3) is 5.07. The van der Waals surface area contributed by atoms with Gasteiger partial charge in [-0.1, -0.05) is 0 Å². The van der Waals surface area contributed by atoms with Crippen molar-refractivity contribution in [3.8, 4) is 5.75 Å². The second kappa shape index (κ2) is 8.84. The zero-order valence-corrected chi connectivity index (χ0v) is 16.8. The summed E-state index contributed by atoms with van der Waals surface area (Å²) in [5.41, 5.74) is 0.538. The fourth-order valence-corrected chi connectivity index (χ4v) is 4.80. The molecule has 0 bridgehead atoms. The van der Waals surface area contributed by atoms with E-state index in [1.807, 2.05) is 4.90 Å². The molecule has 2 saturated heterocycles. The van der Waals surface area contributed by atoms with Gasteiger partial charge in [-0.05, 0) is 49.3 Å². The summed E-state index contributed by atoms with van der Waals surface area (Å²) in [5, 5.41) is 0. The van der Waals surface area contributed by atoms with E-state index in [1.54, 1.807) is 0 Å². The first-order valence-electron chi connectivity index (χ1n) is 9.54. The fourth-order valence-electron chi connectivity index (χ4n) is 3.93. The van der Waals surface area contributed by atoms with Crippen molar-refractivity contribution >= 4 is 16.3 Å². The molecule has 3 rings (SSSR count). The summed E-state index contributed by atoms with van der Waals surface area (Å²) in [5.74, 6) is -1.89. The Hall–Kier alpha value is -1.58. The van der Waals surface area contributed by atoms with Gasteiger partial charge in [-0.15, -0.1) is 0 Å². The van der Waals surface area contributed by atoms with Crippen LogP contribution in [0.2, 0.25) is 0 Å². The maximum atomic E-state index is 14.6. The van der Waals surface area contributed by atoms with Crippen molar-refractivity contribution in [2.45, 2.75) is 37.7 Å². The summed E-state index contributed by atoms with van der Waals surface area (Å²) >= 11 is 0. The number of carbonyl (C=O) groups is 1. The quantitative estimate of drug-likeness (QED) is 0.665. The van der Waals surface area contributed by atoms with Crippen LogP contribution in [0.1, 0.15) is 37.2 Å². The van der Waals surface area contributed by atoms with Crippen LogP contribution in [-0.2, 0) is 14.8 Å². The number of rotatable bonds is 6. The van der Waals surface area contributed by atoms with Crippen LogP contribution >= 0.6 is 0 Å². The minimum Gasteiger partial charge on any atom is -0.484 e. The van der Waals surface area contributed by atoms with Gasteiger partial charge in [0.25, 0.3) is 0 Å². The average Bonchev–Trinajstić information content (AvgIpc) is 2.65. The van der Waals surface area contributed by atoms with Gasteiger partial charge in [-0.25, -0.2) is 21.5 Å². The Morgan fingerprint density at radius 2 is 1.64 bits per heavy atom. The molecule has 0 atom stereocenters. The number of ether oxygens (including phenoxy) is 1. The van der Waals surface area contributed by atoms with Crippen molar-refractivity contribution in [3.05, 3.63) is 29.3 Å². The number of halogens is 2. The van der Waals surface area contributed by atoms with E-state index in [-0.39, 0.29) is 17.8 Å². The molecule has 0 unspecified atom stereocenters. The Bertz CT molecular complexity index is 779. The number of nitrogens with zero attached hydrogens (tertiary/aromatic N) is 2. The van der Waals surface area contributed by atoms with Crippen LogP contribution in [-0.4, -0.2) is 69.0 Å². The standard InChI is InChI=1S/C19H26F2N2O4S/c1-28(25,26)23-8-2-14(3-9-23)15-12-17(20)19(18(21)13-15)27-16-4-6-22(7-5-16)10-11-24/h11-14,16H,2-10H2,1H3. The maximum absolute atomic E-state index is 14.6. The lowest BCUT2D eigenvalue weighted by atomic mass is 9.90. The normalized spacial score (nSPS) is 21.0. The van der Waals surface area contributed by atoms with Gasteiger partial charge in [0.05, 0.1) is 12.8 Å². The van der Waals surface area contributed by atoms with Crippen molar-refractivity contribution < 1.29 is 26.7 Å². The Kier molecular flexibility index (Phi) is 6.67. The van der Waals surface area contributed by atoms with Gasteiger partial charge in [-0.2, -0.15) is 0 Å². The van der Waals surface area contributed by atoms with E-state index in [0.29, 0.717) is 64.0 Å². The number of hydrogen-bond acceptors (Lipinski definition) is 5. The Balaban J connectivity index is 1.63. The molecule has 2 aliphatic rings. The van der Waals surface area contributed by atoms with E-state index in [2.05, 4.69) is 0 Å². The molecule has 28 heavy (non-hydrogen) atoms. The third-order valence-corrected chi connectivity index (χ3v) is 6.87. The minimum absolute atomic E-state index is 0.0809. The van der Waals surface area contributed by atoms with Crippen LogP contribution in [0.25, 0.3) is 0 Å². The van der Waals surface area contributed by atoms with E-state index in [4.69, 9.17) is 4.74 Å². The second-order valence-electron chi connectivity index (χ2n) is 7.53. The summed E-state index contributed by atoms with van der Waals surface area (Å²) in [6.07, 6.45) is 4.01. The molecule has 0 aliphatic carbocycles. The van der Waals surface area contributed by atoms with Crippen molar-refractivity contribution in [1.29, 1.82) is 0 Å². The summed E-state index contributed by atoms with van der Waals surface area (Å²) in [6.45, 7) is 2.38. The number of aldehydes is 1. The topological polar surface area (TPSA) is 66.9 Å². The van der Waals surface area contributed by atoms with Gasteiger partial charge < -0.3 is 9.53 Å². The van der Waals surface area contributed by atoms with Crippen LogP contribution in [0.4, 0.5) is 8.78 Å². The summed E-state index contributed by atoms with van der Waals surface area (Å²) in [6, 6.07) is 2.61. The molecule has 0 radical (unpaired) electrons. The molecule has 156 valence electrons. The highest BCUT2D eigenvalue weighted by Crippen LogP contribution is 2.34. The predicted molar refractivity (Wildman–Crippen MR) is 101 cm³/mol. The molecular weight excluding hydrogens is 390 g/mol. The maximum Gasteiger partial charge on any atom is 0.211 e. The summed E-state index contributed by atoms with van der Waals surface area (Å²) in [7, 11) is -3.24. The predicted octanol–water partition coefficient (Wildman–Crippen LogP) is 2.15. The zero-order chi connectivity index (χ0) is 20.3. The lowest BCUT2D eigenvalue weighted by Gasteiger charge is -2.32. The third-order valence-electron chi connectivity index (χ3n) is 5.57. The Labute approximate surface area is 164 Å². The van der Waals surface area contributed by atoms with Gasteiger partial charge >= 0.3 is 0 Å². The van der Waals surface area contributed by atoms with Gasteiger partial charge in [0, 0.05) is 26.2 Å². The number of carbonyl (C=O) groups excluding carboxylic acids is 1. The highest BCUT2D eigenvalue weighted by Gasteiger charge is 2.28. The Morgan fingerprint density at radius 1 is 1.07 bits per heavy atom. The molecule has 9 heteroatoms. The highest BCUT2D eigenvalue weighted by atomic mass is 32.2. The van der Waals surface area contributed by atoms with E-state index in [0.717, 1.165) is 6.29 Å².